The smallest absolute Gasteiger partial charge is 0.273 e. The molecular weight excluding hydrogens is 258 g/mol. The maximum atomic E-state index is 11.0. The zero-order valence-electron chi connectivity index (χ0n) is 12.5. The third-order valence-corrected chi connectivity index (χ3v) is 3.01. The van der Waals surface area contributed by atoms with Crippen LogP contribution in [0.3, 0.4) is 0 Å². The van der Waals surface area contributed by atoms with Gasteiger partial charge in [-0.2, -0.15) is 0 Å². The van der Waals surface area contributed by atoms with Crippen LogP contribution >= 0.6 is 0 Å². The molecule has 0 saturated heterocycles. The van der Waals surface area contributed by atoms with Gasteiger partial charge in [0, 0.05) is 37.2 Å². The molecule has 0 radical (unpaired) electrons. The second-order valence-corrected chi connectivity index (χ2v) is 5.01. The van der Waals surface area contributed by atoms with Gasteiger partial charge >= 0.3 is 0 Å². The van der Waals surface area contributed by atoms with Crippen molar-refractivity contribution in [3.05, 3.63) is 28.3 Å². The fraction of sp³-hybridized carbons (Fsp3) is 0.571. The molecule has 112 valence electrons. The van der Waals surface area contributed by atoms with Crippen LogP contribution in [0.4, 0.5) is 17.1 Å². The Bertz CT molecular complexity index is 449. The number of benzene rings is 1. The molecule has 1 unspecified atom stereocenters. The van der Waals surface area contributed by atoms with E-state index in [0.29, 0.717) is 19.1 Å². The molecule has 0 saturated carbocycles. The van der Waals surface area contributed by atoms with E-state index in [2.05, 4.69) is 24.5 Å². The zero-order chi connectivity index (χ0) is 15.1. The highest BCUT2D eigenvalue weighted by atomic mass is 16.6. The van der Waals surface area contributed by atoms with Gasteiger partial charge in [-0.15, -0.1) is 0 Å². The number of rotatable bonds is 8. The summed E-state index contributed by atoms with van der Waals surface area (Å²) in [7, 11) is 1.65. The Labute approximate surface area is 119 Å². The van der Waals surface area contributed by atoms with Crippen molar-refractivity contribution in [1.29, 1.82) is 0 Å². The maximum Gasteiger partial charge on any atom is 0.273 e. The summed E-state index contributed by atoms with van der Waals surface area (Å²) in [6.45, 7) is 7.38. The van der Waals surface area contributed by atoms with E-state index in [1.165, 1.54) is 6.07 Å². The molecule has 0 bridgehead atoms. The minimum absolute atomic E-state index is 0.0749. The van der Waals surface area contributed by atoms with Crippen molar-refractivity contribution in [2.45, 2.75) is 26.8 Å². The Hall–Kier alpha value is -1.82. The van der Waals surface area contributed by atoms with E-state index >= 15 is 0 Å². The Morgan fingerprint density at radius 2 is 1.95 bits per heavy atom. The van der Waals surface area contributed by atoms with E-state index in [-0.39, 0.29) is 16.7 Å². The van der Waals surface area contributed by atoms with E-state index < -0.39 is 0 Å². The quantitative estimate of drug-likeness (QED) is 0.565. The standard InChI is InChI=1S/C14H23N3O3/c1-5-15-11-6-12(8-13(7-11)17(18)19)16-14(9-20-4)10(2)3/h6-8,10,14-16H,5,9H2,1-4H3. The number of methoxy groups -OCH3 is 1. The van der Waals surface area contributed by atoms with Gasteiger partial charge in [0.1, 0.15) is 0 Å². The first-order chi connectivity index (χ1) is 9.47. The minimum Gasteiger partial charge on any atom is -0.385 e. The Morgan fingerprint density at radius 3 is 2.45 bits per heavy atom. The van der Waals surface area contributed by atoms with Gasteiger partial charge in [-0.05, 0) is 18.9 Å². The number of nitro benzene ring substituents is 1. The zero-order valence-corrected chi connectivity index (χ0v) is 12.5. The molecule has 0 heterocycles. The number of non-ortho nitro benzene ring substituents is 1. The van der Waals surface area contributed by atoms with Crippen LogP contribution in [-0.4, -0.2) is 31.2 Å². The second kappa shape index (κ2) is 7.69. The van der Waals surface area contributed by atoms with Crippen molar-refractivity contribution in [1.82, 2.24) is 0 Å². The molecule has 1 atom stereocenters. The fourth-order valence-electron chi connectivity index (χ4n) is 1.90. The molecule has 2 N–H and O–H groups in total. The number of nitrogens with zero attached hydrogens (tertiary/aromatic N) is 1. The summed E-state index contributed by atoms with van der Waals surface area (Å²) in [5.74, 6) is 0.358. The van der Waals surface area contributed by atoms with Crippen molar-refractivity contribution in [3.63, 3.8) is 0 Å². The SMILES string of the molecule is CCNc1cc(NC(COC)C(C)C)cc([N+](=O)[O-])c1. The van der Waals surface area contributed by atoms with E-state index in [1.54, 1.807) is 13.2 Å². The second-order valence-electron chi connectivity index (χ2n) is 5.01. The average molecular weight is 281 g/mol. The molecule has 6 heteroatoms. The van der Waals surface area contributed by atoms with Gasteiger partial charge in [-0.3, -0.25) is 10.1 Å². The number of nitrogens with one attached hydrogen (secondary N) is 2. The maximum absolute atomic E-state index is 11.0. The van der Waals surface area contributed by atoms with Crippen LogP contribution in [0.15, 0.2) is 18.2 Å². The van der Waals surface area contributed by atoms with Crippen LogP contribution in [0.2, 0.25) is 0 Å². The molecule has 0 spiro atoms. The number of anilines is 2. The summed E-state index contributed by atoms with van der Waals surface area (Å²) in [6, 6.07) is 5.07. The van der Waals surface area contributed by atoms with Gasteiger partial charge in [-0.25, -0.2) is 0 Å². The summed E-state index contributed by atoms with van der Waals surface area (Å²) in [6.07, 6.45) is 0. The van der Waals surface area contributed by atoms with E-state index in [0.717, 1.165) is 11.4 Å². The first-order valence-electron chi connectivity index (χ1n) is 6.76. The highest BCUT2D eigenvalue weighted by Gasteiger charge is 2.15. The molecule has 0 aliphatic carbocycles. The summed E-state index contributed by atoms with van der Waals surface area (Å²) in [5, 5.41) is 17.4. The predicted octanol–water partition coefficient (Wildman–Crippen LogP) is 3.11. The minimum atomic E-state index is -0.382. The Kier molecular flexibility index (Phi) is 6.24. The number of hydrogen-bond acceptors (Lipinski definition) is 5. The predicted molar refractivity (Wildman–Crippen MR) is 81.4 cm³/mol. The van der Waals surface area contributed by atoms with Gasteiger partial charge in [0.15, 0.2) is 0 Å². The van der Waals surface area contributed by atoms with Crippen LogP contribution in [0.25, 0.3) is 0 Å². The van der Waals surface area contributed by atoms with Crippen molar-refractivity contribution in [3.8, 4) is 0 Å². The highest BCUT2D eigenvalue weighted by molar-refractivity contribution is 5.63. The Morgan fingerprint density at radius 1 is 1.30 bits per heavy atom. The lowest BCUT2D eigenvalue weighted by Crippen LogP contribution is -2.30. The molecule has 0 aliphatic heterocycles. The summed E-state index contributed by atoms with van der Waals surface area (Å²) >= 11 is 0. The van der Waals surface area contributed by atoms with Gasteiger partial charge in [0.25, 0.3) is 5.69 Å². The van der Waals surface area contributed by atoms with Crippen molar-refractivity contribution in [2.24, 2.45) is 5.92 Å². The van der Waals surface area contributed by atoms with E-state index in [4.69, 9.17) is 4.74 Å². The first-order valence-corrected chi connectivity index (χ1v) is 6.76. The molecule has 1 rings (SSSR count). The Balaban J connectivity index is 2.99. The number of ether oxygens (including phenoxy) is 1. The first kappa shape index (κ1) is 16.2. The molecule has 6 nitrogen and oxygen atoms in total. The molecule has 0 aliphatic rings. The van der Waals surface area contributed by atoms with Crippen LogP contribution in [0.5, 0.6) is 0 Å². The number of nitro groups is 1. The van der Waals surface area contributed by atoms with Crippen LogP contribution in [0.1, 0.15) is 20.8 Å². The lowest BCUT2D eigenvalue weighted by atomic mass is 10.0. The van der Waals surface area contributed by atoms with Crippen molar-refractivity contribution in [2.75, 3.05) is 30.9 Å². The molecule has 1 aromatic rings. The van der Waals surface area contributed by atoms with E-state index in [1.807, 2.05) is 13.0 Å². The van der Waals surface area contributed by atoms with E-state index in [9.17, 15) is 10.1 Å². The summed E-state index contributed by atoms with van der Waals surface area (Å²) in [5.41, 5.74) is 1.54. The average Bonchev–Trinajstić information content (AvgIpc) is 2.38. The van der Waals surface area contributed by atoms with Gasteiger partial charge in [0.2, 0.25) is 0 Å². The topological polar surface area (TPSA) is 76.4 Å². The lowest BCUT2D eigenvalue weighted by Gasteiger charge is -2.23. The third-order valence-electron chi connectivity index (χ3n) is 3.01. The largest absolute Gasteiger partial charge is 0.385 e. The summed E-state index contributed by atoms with van der Waals surface area (Å²) < 4.78 is 5.18. The monoisotopic (exact) mass is 281 g/mol. The van der Waals surface area contributed by atoms with Crippen molar-refractivity contribution < 1.29 is 9.66 Å². The fourth-order valence-corrected chi connectivity index (χ4v) is 1.90. The third kappa shape index (κ3) is 4.70. The lowest BCUT2D eigenvalue weighted by molar-refractivity contribution is -0.384. The molecule has 0 amide bonds. The molecule has 20 heavy (non-hydrogen) atoms. The number of hydrogen-bond donors (Lipinski definition) is 2. The molecule has 0 aromatic heterocycles. The normalized spacial score (nSPS) is 12.2. The van der Waals surface area contributed by atoms with Crippen LogP contribution in [0, 0.1) is 16.0 Å². The summed E-state index contributed by atoms with van der Waals surface area (Å²) in [4.78, 5) is 10.6. The van der Waals surface area contributed by atoms with Gasteiger partial charge in [0.05, 0.1) is 17.6 Å². The van der Waals surface area contributed by atoms with Gasteiger partial charge < -0.3 is 15.4 Å². The molecule has 0 fully saturated rings. The molecular formula is C14H23N3O3. The van der Waals surface area contributed by atoms with Crippen molar-refractivity contribution >= 4 is 17.1 Å². The van der Waals surface area contributed by atoms with Gasteiger partial charge in [-0.1, -0.05) is 13.8 Å². The molecule has 1 aromatic carbocycles. The van der Waals surface area contributed by atoms with Crippen LogP contribution < -0.4 is 10.6 Å². The van der Waals surface area contributed by atoms with Crippen LogP contribution in [-0.2, 0) is 4.74 Å². The highest BCUT2D eigenvalue weighted by Crippen LogP contribution is 2.25.